The monoisotopic (exact) mass is 428 g/mol. The zero-order chi connectivity index (χ0) is 21.8. The first-order chi connectivity index (χ1) is 14.3. The Balaban J connectivity index is 1.79. The van der Waals surface area contributed by atoms with E-state index in [1.54, 1.807) is 12.1 Å². The van der Waals surface area contributed by atoms with Crippen molar-refractivity contribution in [3.8, 4) is 11.5 Å². The van der Waals surface area contributed by atoms with Gasteiger partial charge in [-0.1, -0.05) is 35.9 Å². The van der Waals surface area contributed by atoms with Gasteiger partial charge in [0.1, 0.15) is 11.5 Å². The van der Waals surface area contributed by atoms with Crippen LogP contribution in [0.2, 0.25) is 5.02 Å². The van der Waals surface area contributed by atoms with Gasteiger partial charge < -0.3 is 20.1 Å². The van der Waals surface area contributed by atoms with Crippen molar-refractivity contribution in [1.29, 1.82) is 0 Å². The molecule has 30 heavy (non-hydrogen) atoms. The van der Waals surface area contributed by atoms with E-state index in [1.807, 2.05) is 30.7 Å². The van der Waals surface area contributed by atoms with Crippen LogP contribution < -0.4 is 20.1 Å². The summed E-state index contributed by atoms with van der Waals surface area (Å²) in [5.74, 6) is 0.902. The van der Waals surface area contributed by atoms with Crippen LogP contribution in [0.4, 0.5) is 16.2 Å². The average molecular weight is 429 g/mol. The number of carbonyl (C=O) groups is 1. The summed E-state index contributed by atoms with van der Waals surface area (Å²) in [5, 5.41) is 10.6. The molecule has 8 heteroatoms. The fraction of sp³-hybridized carbons (Fsp3) is 0.273. The van der Waals surface area contributed by atoms with Crippen LogP contribution in [0, 0.1) is 20.8 Å². The fourth-order valence-corrected chi connectivity index (χ4v) is 3.45. The van der Waals surface area contributed by atoms with Gasteiger partial charge in [-0.15, -0.1) is 0 Å². The van der Waals surface area contributed by atoms with Gasteiger partial charge in [-0.25, -0.2) is 4.79 Å². The van der Waals surface area contributed by atoms with Gasteiger partial charge in [0.2, 0.25) is 0 Å². The maximum absolute atomic E-state index is 12.7. The van der Waals surface area contributed by atoms with Gasteiger partial charge >= 0.3 is 6.03 Å². The highest BCUT2D eigenvalue weighted by Crippen LogP contribution is 2.36. The molecule has 0 aliphatic heterocycles. The van der Waals surface area contributed by atoms with E-state index in [1.165, 1.54) is 25.3 Å². The number of hydrogen-bond donors (Lipinski definition) is 2. The minimum absolute atomic E-state index is 0.368. The van der Waals surface area contributed by atoms with Crippen molar-refractivity contribution < 1.29 is 14.3 Å². The lowest BCUT2D eigenvalue weighted by Gasteiger charge is -2.14. The van der Waals surface area contributed by atoms with Crippen molar-refractivity contribution in [2.24, 2.45) is 0 Å². The van der Waals surface area contributed by atoms with E-state index in [0.717, 1.165) is 11.4 Å². The number of halogens is 1. The lowest BCUT2D eigenvalue weighted by Crippen LogP contribution is -2.20. The van der Waals surface area contributed by atoms with E-state index in [4.69, 9.17) is 21.1 Å². The SMILES string of the molecule is COc1cc(OC)c(NC(=O)Nc2c(C)nn(Cc3ccccc3C)c2C)cc1Cl. The number of methoxy groups -OCH3 is 2. The van der Waals surface area contributed by atoms with Crippen molar-refractivity contribution in [1.82, 2.24) is 9.78 Å². The molecule has 0 unspecified atom stereocenters. The average Bonchev–Trinajstić information content (AvgIpc) is 2.97. The second-order valence-electron chi connectivity index (χ2n) is 6.90. The third kappa shape index (κ3) is 4.52. The number of nitrogens with zero attached hydrogens (tertiary/aromatic N) is 2. The van der Waals surface area contributed by atoms with Crippen LogP contribution in [0.3, 0.4) is 0 Å². The number of urea groups is 1. The minimum Gasteiger partial charge on any atom is -0.495 e. The predicted molar refractivity (Wildman–Crippen MR) is 119 cm³/mol. The molecule has 2 aromatic carbocycles. The first-order valence-electron chi connectivity index (χ1n) is 9.42. The third-order valence-electron chi connectivity index (χ3n) is 4.92. The number of amides is 2. The molecule has 0 spiro atoms. The predicted octanol–water partition coefficient (Wildman–Crippen LogP) is 5.17. The smallest absolute Gasteiger partial charge is 0.323 e. The molecule has 0 atom stereocenters. The summed E-state index contributed by atoms with van der Waals surface area (Å²) in [4.78, 5) is 12.7. The molecule has 158 valence electrons. The van der Waals surface area contributed by atoms with Crippen molar-refractivity contribution in [3.63, 3.8) is 0 Å². The van der Waals surface area contributed by atoms with E-state index in [0.29, 0.717) is 34.4 Å². The van der Waals surface area contributed by atoms with Crippen LogP contribution in [0.1, 0.15) is 22.5 Å². The molecular weight excluding hydrogens is 404 g/mol. The molecule has 3 aromatic rings. The van der Waals surface area contributed by atoms with E-state index in [9.17, 15) is 4.79 Å². The Kier molecular flexibility index (Phi) is 6.52. The van der Waals surface area contributed by atoms with E-state index in [-0.39, 0.29) is 0 Å². The Bertz CT molecular complexity index is 1080. The quantitative estimate of drug-likeness (QED) is 0.567. The maximum Gasteiger partial charge on any atom is 0.323 e. The summed E-state index contributed by atoms with van der Waals surface area (Å²) in [6.45, 7) is 6.49. The molecule has 0 fully saturated rings. The van der Waals surface area contributed by atoms with Gasteiger partial charge in [0.15, 0.2) is 0 Å². The molecule has 1 aromatic heterocycles. The second kappa shape index (κ2) is 9.09. The van der Waals surface area contributed by atoms with Crippen LogP contribution in [0.25, 0.3) is 0 Å². The van der Waals surface area contributed by atoms with Gasteiger partial charge in [-0.3, -0.25) is 4.68 Å². The number of aryl methyl sites for hydroxylation is 2. The molecule has 7 nitrogen and oxygen atoms in total. The Morgan fingerprint density at radius 3 is 2.43 bits per heavy atom. The molecular formula is C22H25ClN4O3. The fourth-order valence-electron chi connectivity index (χ4n) is 3.21. The molecule has 3 rings (SSSR count). The molecule has 0 aliphatic rings. The Morgan fingerprint density at radius 1 is 1.07 bits per heavy atom. The van der Waals surface area contributed by atoms with Crippen LogP contribution in [0.15, 0.2) is 36.4 Å². The summed E-state index contributed by atoms with van der Waals surface area (Å²) in [6, 6.07) is 10.9. The number of carbonyl (C=O) groups excluding carboxylic acids is 1. The van der Waals surface area contributed by atoms with Crippen LogP contribution >= 0.6 is 11.6 Å². The van der Waals surface area contributed by atoms with Crippen LogP contribution in [-0.2, 0) is 6.54 Å². The topological polar surface area (TPSA) is 77.4 Å². The largest absolute Gasteiger partial charge is 0.495 e. The zero-order valence-electron chi connectivity index (χ0n) is 17.7. The highest BCUT2D eigenvalue weighted by atomic mass is 35.5. The lowest BCUT2D eigenvalue weighted by molar-refractivity contribution is 0.262. The van der Waals surface area contributed by atoms with E-state index in [2.05, 4.69) is 34.8 Å². The third-order valence-corrected chi connectivity index (χ3v) is 5.22. The van der Waals surface area contributed by atoms with Crippen molar-refractivity contribution >= 4 is 29.0 Å². The molecule has 2 N–H and O–H groups in total. The molecule has 1 heterocycles. The minimum atomic E-state index is -0.420. The molecule has 0 radical (unpaired) electrons. The normalized spacial score (nSPS) is 10.6. The number of aromatic nitrogens is 2. The molecule has 0 saturated heterocycles. The van der Waals surface area contributed by atoms with Crippen molar-refractivity contribution in [2.75, 3.05) is 24.9 Å². The highest BCUT2D eigenvalue weighted by molar-refractivity contribution is 6.32. The number of nitrogens with one attached hydrogen (secondary N) is 2. The van der Waals surface area contributed by atoms with Gasteiger partial charge in [0.25, 0.3) is 0 Å². The molecule has 0 aliphatic carbocycles. The van der Waals surface area contributed by atoms with Gasteiger partial charge in [-0.2, -0.15) is 5.10 Å². The van der Waals surface area contributed by atoms with Gasteiger partial charge in [0, 0.05) is 6.07 Å². The van der Waals surface area contributed by atoms with Crippen LogP contribution in [0.5, 0.6) is 11.5 Å². The molecule has 0 saturated carbocycles. The number of rotatable bonds is 6. The number of hydrogen-bond acceptors (Lipinski definition) is 4. The van der Waals surface area contributed by atoms with Crippen molar-refractivity contribution in [3.05, 3.63) is 63.9 Å². The van der Waals surface area contributed by atoms with Crippen molar-refractivity contribution in [2.45, 2.75) is 27.3 Å². The summed E-state index contributed by atoms with van der Waals surface area (Å²) >= 11 is 6.18. The Labute approximate surface area is 180 Å². The molecule has 0 bridgehead atoms. The van der Waals surface area contributed by atoms with Gasteiger partial charge in [0.05, 0.1) is 48.5 Å². The highest BCUT2D eigenvalue weighted by Gasteiger charge is 2.17. The number of benzene rings is 2. The van der Waals surface area contributed by atoms with Gasteiger partial charge in [-0.05, 0) is 38.0 Å². The lowest BCUT2D eigenvalue weighted by atomic mass is 10.1. The standard InChI is InChI=1S/C22H25ClN4O3/c1-13-8-6-7-9-16(13)12-27-15(3)21(14(2)26-27)25-22(28)24-18-10-17(23)19(29-4)11-20(18)30-5/h6-11H,12H2,1-5H3,(H2,24,25,28). The zero-order valence-corrected chi connectivity index (χ0v) is 18.4. The second-order valence-corrected chi connectivity index (χ2v) is 7.30. The summed E-state index contributed by atoms with van der Waals surface area (Å²) < 4.78 is 12.4. The first-order valence-corrected chi connectivity index (χ1v) is 9.79. The number of anilines is 2. The maximum atomic E-state index is 12.7. The number of ether oxygens (including phenoxy) is 2. The summed E-state index contributed by atoms with van der Waals surface area (Å²) in [5.41, 5.74) is 5.07. The molecule has 2 amide bonds. The Morgan fingerprint density at radius 2 is 1.77 bits per heavy atom. The van der Waals surface area contributed by atoms with Crippen LogP contribution in [-0.4, -0.2) is 30.0 Å². The van der Waals surface area contributed by atoms with E-state index < -0.39 is 6.03 Å². The first kappa shape index (κ1) is 21.5. The summed E-state index contributed by atoms with van der Waals surface area (Å²) in [7, 11) is 3.02. The summed E-state index contributed by atoms with van der Waals surface area (Å²) in [6.07, 6.45) is 0. The van der Waals surface area contributed by atoms with E-state index >= 15 is 0 Å². The Hall–Kier alpha value is -3.19.